The molecule has 1 heterocycles. The minimum Gasteiger partial charge on any atom is -0.373 e. The van der Waals surface area contributed by atoms with Crippen LogP contribution in [0, 0.1) is 17.6 Å². The highest BCUT2D eigenvalue weighted by Gasteiger charge is 2.30. The van der Waals surface area contributed by atoms with Gasteiger partial charge in [0.15, 0.2) is 11.6 Å². The van der Waals surface area contributed by atoms with Gasteiger partial charge in [0.2, 0.25) is 5.91 Å². The largest absolute Gasteiger partial charge is 0.373 e. The summed E-state index contributed by atoms with van der Waals surface area (Å²) in [5.74, 6) is -1.22. The zero-order valence-corrected chi connectivity index (χ0v) is 21.8. The number of aromatic nitrogens is 2. The van der Waals surface area contributed by atoms with E-state index < -0.39 is 17.7 Å². The Morgan fingerprint density at radius 1 is 1.03 bits per heavy atom. The molecule has 2 aromatic carbocycles. The first-order valence-electron chi connectivity index (χ1n) is 13.5. The number of rotatable bonds is 8. The number of ether oxygens (including phenoxy) is 1. The summed E-state index contributed by atoms with van der Waals surface area (Å²) in [6, 6.07) is 8.53. The number of carbonyl (C=O) groups excluding carboxylic acids is 1. The summed E-state index contributed by atoms with van der Waals surface area (Å²) >= 11 is 6.33. The van der Waals surface area contributed by atoms with Crippen LogP contribution in [0.4, 0.5) is 8.78 Å². The molecule has 1 unspecified atom stereocenters. The van der Waals surface area contributed by atoms with Gasteiger partial charge in [-0.05, 0) is 49.3 Å². The zero-order chi connectivity index (χ0) is 25.8. The van der Waals surface area contributed by atoms with E-state index in [4.69, 9.17) is 16.3 Å². The Bertz CT molecular complexity index is 1240. The van der Waals surface area contributed by atoms with Gasteiger partial charge in [0, 0.05) is 29.8 Å². The molecule has 2 aliphatic rings. The second-order valence-electron chi connectivity index (χ2n) is 10.5. The Labute approximate surface area is 221 Å². The zero-order valence-electron chi connectivity index (χ0n) is 21.0. The predicted octanol–water partition coefficient (Wildman–Crippen LogP) is 7.10. The number of imidazole rings is 1. The van der Waals surface area contributed by atoms with Gasteiger partial charge < -0.3 is 14.6 Å². The number of hydrogen-bond donors (Lipinski definition) is 1. The lowest BCUT2D eigenvalue weighted by atomic mass is 9.90. The monoisotopic (exact) mass is 529 g/mol. The molecule has 5 rings (SSSR count). The molecular formula is C29H34ClF2N3O2. The van der Waals surface area contributed by atoms with Crippen molar-refractivity contribution in [1.82, 2.24) is 14.9 Å². The molecule has 0 saturated heterocycles. The second kappa shape index (κ2) is 11.9. The molecule has 0 radical (unpaired) electrons. The van der Waals surface area contributed by atoms with E-state index in [-0.39, 0.29) is 24.1 Å². The summed E-state index contributed by atoms with van der Waals surface area (Å²) in [6.07, 6.45) is 11.1. The van der Waals surface area contributed by atoms with Crippen LogP contribution in [-0.4, -0.2) is 28.1 Å². The molecule has 198 valence electrons. The fourth-order valence-corrected chi connectivity index (χ4v) is 6.02. The second-order valence-corrected chi connectivity index (χ2v) is 10.9. The van der Waals surface area contributed by atoms with E-state index in [0.29, 0.717) is 34.5 Å². The summed E-state index contributed by atoms with van der Waals surface area (Å²) in [4.78, 5) is 18.5. The first-order chi connectivity index (χ1) is 18.0. The molecule has 1 amide bonds. The van der Waals surface area contributed by atoms with Crippen LogP contribution in [0.15, 0.2) is 36.4 Å². The maximum absolute atomic E-state index is 14.5. The summed E-state index contributed by atoms with van der Waals surface area (Å²) < 4.78 is 36.4. The van der Waals surface area contributed by atoms with E-state index in [1.807, 2.05) is 6.07 Å². The fraction of sp³-hybridized carbons (Fsp3) is 0.517. The van der Waals surface area contributed by atoms with Gasteiger partial charge in [-0.1, -0.05) is 62.3 Å². The van der Waals surface area contributed by atoms with Crippen molar-refractivity contribution in [1.29, 1.82) is 0 Å². The Balaban J connectivity index is 1.53. The average Bonchev–Trinajstić information content (AvgIpc) is 3.22. The van der Waals surface area contributed by atoms with Crippen molar-refractivity contribution in [3.63, 3.8) is 0 Å². The van der Waals surface area contributed by atoms with Gasteiger partial charge in [-0.15, -0.1) is 0 Å². The quantitative estimate of drug-likeness (QED) is 0.338. The summed E-state index contributed by atoms with van der Waals surface area (Å²) in [5.41, 5.74) is 1.28. The van der Waals surface area contributed by atoms with Gasteiger partial charge in [-0.25, -0.2) is 13.8 Å². The maximum atomic E-state index is 14.5. The normalized spacial score (nSPS) is 18.2. The fourth-order valence-electron chi connectivity index (χ4n) is 5.82. The summed E-state index contributed by atoms with van der Waals surface area (Å²) in [7, 11) is 0. The lowest BCUT2D eigenvalue weighted by molar-refractivity contribution is -0.124. The van der Waals surface area contributed by atoms with Crippen LogP contribution in [0.25, 0.3) is 11.0 Å². The Morgan fingerprint density at radius 3 is 2.46 bits per heavy atom. The van der Waals surface area contributed by atoms with E-state index in [1.54, 1.807) is 22.8 Å². The van der Waals surface area contributed by atoms with Crippen LogP contribution in [-0.2, 0) is 16.1 Å². The third-order valence-corrected chi connectivity index (χ3v) is 7.97. The number of halogens is 3. The molecule has 2 aliphatic carbocycles. The summed E-state index contributed by atoms with van der Waals surface area (Å²) in [5, 5.41) is 3.70. The molecule has 0 bridgehead atoms. The van der Waals surface area contributed by atoms with Crippen molar-refractivity contribution in [3.05, 3.63) is 64.4 Å². The Hall–Kier alpha value is -2.51. The highest BCUT2D eigenvalue weighted by Crippen LogP contribution is 2.31. The van der Waals surface area contributed by atoms with E-state index >= 15 is 0 Å². The lowest BCUT2D eigenvalue weighted by Gasteiger charge is -2.28. The van der Waals surface area contributed by atoms with Gasteiger partial charge in [-0.2, -0.15) is 0 Å². The molecule has 2 saturated carbocycles. The molecule has 0 spiro atoms. The van der Waals surface area contributed by atoms with Crippen molar-refractivity contribution < 1.29 is 18.3 Å². The third kappa shape index (κ3) is 6.15. The van der Waals surface area contributed by atoms with Crippen LogP contribution in [0.1, 0.15) is 81.6 Å². The maximum Gasteiger partial charge on any atom is 0.247 e. The Kier molecular flexibility index (Phi) is 8.40. The van der Waals surface area contributed by atoms with Crippen LogP contribution in [0.2, 0.25) is 5.02 Å². The number of benzene rings is 2. The number of carbonyl (C=O) groups is 1. The molecule has 8 heteroatoms. The van der Waals surface area contributed by atoms with Crippen LogP contribution < -0.4 is 5.32 Å². The minimum atomic E-state index is -0.985. The third-order valence-electron chi connectivity index (χ3n) is 7.74. The molecule has 37 heavy (non-hydrogen) atoms. The predicted molar refractivity (Wildman–Crippen MR) is 140 cm³/mol. The number of fused-ring (bicyclic) bond motifs is 1. The number of nitrogens with zero attached hydrogens (tertiary/aromatic N) is 2. The van der Waals surface area contributed by atoms with Crippen molar-refractivity contribution in [2.45, 2.75) is 82.9 Å². The minimum absolute atomic E-state index is 0.0814. The SMILES string of the molecule is O=C(NC1CCCCC1)C(c1cccc(Cl)c1)n1c(COCC2CCCCC2)nc2cc(F)c(F)cc21. The van der Waals surface area contributed by atoms with Crippen LogP contribution in [0.3, 0.4) is 0 Å². The van der Waals surface area contributed by atoms with E-state index in [1.165, 1.54) is 25.7 Å². The van der Waals surface area contributed by atoms with E-state index in [9.17, 15) is 13.6 Å². The van der Waals surface area contributed by atoms with Crippen molar-refractivity contribution in [2.75, 3.05) is 6.61 Å². The van der Waals surface area contributed by atoms with Gasteiger partial charge in [0.05, 0.1) is 11.0 Å². The van der Waals surface area contributed by atoms with Gasteiger partial charge in [-0.3, -0.25) is 4.79 Å². The standard InChI is InChI=1S/C29H34ClF2N3O2/c30-21-11-7-10-20(14-21)28(29(36)33-22-12-5-2-6-13-22)35-26-16-24(32)23(31)15-25(26)34-27(35)18-37-17-19-8-3-1-4-9-19/h7,10-11,14-16,19,22,28H,1-6,8-9,12-13,17-18H2,(H,33,36). The lowest BCUT2D eigenvalue weighted by Crippen LogP contribution is -2.41. The van der Waals surface area contributed by atoms with Gasteiger partial charge >= 0.3 is 0 Å². The average molecular weight is 530 g/mol. The summed E-state index contributed by atoms with van der Waals surface area (Å²) in [6.45, 7) is 0.740. The van der Waals surface area contributed by atoms with Crippen LogP contribution in [0.5, 0.6) is 0 Å². The molecular weight excluding hydrogens is 496 g/mol. The number of hydrogen-bond acceptors (Lipinski definition) is 3. The topological polar surface area (TPSA) is 56.2 Å². The first-order valence-corrected chi connectivity index (χ1v) is 13.9. The smallest absolute Gasteiger partial charge is 0.247 e. The van der Waals surface area contributed by atoms with Crippen LogP contribution >= 0.6 is 11.6 Å². The van der Waals surface area contributed by atoms with E-state index in [2.05, 4.69) is 10.3 Å². The number of nitrogens with one attached hydrogen (secondary N) is 1. The molecule has 1 atom stereocenters. The molecule has 3 aromatic rings. The Morgan fingerprint density at radius 2 is 1.73 bits per heavy atom. The van der Waals surface area contributed by atoms with Crippen molar-refractivity contribution >= 4 is 28.5 Å². The molecule has 1 aromatic heterocycles. The molecule has 5 nitrogen and oxygen atoms in total. The van der Waals surface area contributed by atoms with Gasteiger partial charge in [0.1, 0.15) is 18.5 Å². The van der Waals surface area contributed by atoms with E-state index in [0.717, 1.165) is 50.7 Å². The number of amides is 1. The highest BCUT2D eigenvalue weighted by atomic mass is 35.5. The molecule has 2 fully saturated rings. The highest BCUT2D eigenvalue weighted by molar-refractivity contribution is 6.30. The van der Waals surface area contributed by atoms with Crippen molar-refractivity contribution in [2.24, 2.45) is 5.92 Å². The molecule has 1 N–H and O–H groups in total. The molecule has 0 aliphatic heterocycles. The van der Waals surface area contributed by atoms with Gasteiger partial charge in [0.25, 0.3) is 0 Å². The first kappa shape index (κ1) is 26.1. The van der Waals surface area contributed by atoms with Crippen molar-refractivity contribution in [3.8, 4) is 0 Å².